The first-order valence-corrected chi connectivity index (χ1v) is 9.54. The molecule has 0 fully saturated rings. The zero-order chi connectivity index (χ0) is 18.9. The molecule has 1 aliphatic heterocycles. The molecule has 2 aromatic carbocycles. The van der Waals surface area contributed by atoms with Crippen LogP contribution >= 0.6 is 0 Å². The fourth-order valence-electron chi connectivity index (χ4n) is 2.78. The molecule has 0 radical (unpaired) electrons. The van der Waals surface area contributed by atoms with E-state index in [4.69, 9.17) is 0 Å². The van der Waals surface area contributed by atoms with Crippen molar-refractivity contribution in [2.24, 2.45) is 0 Å². The predicted molar refractivity (Wildman–Crippen MR) is 97.8 cm³/mol. The topological polar surface area (TPSA) is 97.6 Å². The van der Waals surface area contributed by atoms with Crippen molar-refractivity contribution in [2.45, 2.75) is 13.0 Å². The Balaban J connectivity index is 2.04. The number of sulfone groups is 1. The van der Waals surface area contributed by atoms with Crippen LogP contribution in [0.15, 0.2) is 60.0 Å². The van der Waals surface area contributed by atoms with Crippen molar-refractivity contribution in [2.75, 3.05) is 10.7 Å². The number of anilines is 1. The molecular formula is C18H16N2O5S. The van der Waals surface area contributed by atoms with E-state index in [1.165, 1.54) is 35.2 Å². The largest absolute Gasteiger partial charge is 0.300 e. The molecule has 1 amide bonds. The van der Waals surface area contributed by atoms with Gasteiger partial charge in [0.05, 0.1) is 16.7 Å². The van der Waals surface area contributed by atoms with E-state index >= 15 is 0 Å². The van der Waals surface area contributed by atoms with Crippen LogP contribution in [0.25, 0.3) is 0 Å². The Labute approximate surface area is 150 Å². The molecule has 0 aromatic heterocycles. The van der Waals surface area contributed by atoms with E-state index in [2.05, 4.69) is 0 Å². The van der Waals surface area contributed by atoms with E-state index in [1.54, 1.807) is 12.1 Å². The number of carbonyl (C=O) groups is 1. The number of amides is 1. The lowest BCUT2D eigenvalue weighted by Crippen LogP contribution is -2.41. The average Bonchev–Trinajstić information content (AvgIpc) is 2.96. The summed E-state index contributed by atoms with van der Waals surface area (Å²) < 4.78 is 23.6. The lowest BCUT2D eigenvalue weighted by atomic mass is 10.1. The Hall–Kier alpha value is -3.00. The van der Waals surface area contributed by atoms with E-state index in [1.807, 2.05) is 19.1 Å². The number of carbonyl (C=O) groups excluding carboxylic acids is 1. The minimum Gasteiger partial charge on any atom is -0.300 e. The van der Waals surface area contributed by atoms with Gasteiger partial charge >= 0.3 is 0 Å². The molecule has 0 saturated carbocycles. The van der Waals surface area contributed by atoms with Crippen molar-refractivity contribution in [1.82, 2.24) is 0 Å². The molecular weight excluding hydrogens is 356 g/mol. The van der Waals surface area contributed by atoms with Gasteiger partial charge in [-0.2, -0.15) is 0 Å². The molecule has 1 heterocycles. The lowest BCUT2D eigenvalue weighted by Gasteiger charge is -2.28. The summed E-state index contributed by atoms with van der Waals surface area (Å²) in [7, 11) is -3.38. The number of hydrogen-bond acceptors (Lipinski definition) is 5. The minimum absolute atomic E-state index is 0.123. The fourth-order valence-corrected chi connectivity index (χ4v) is 4.04. The summed E-state index contributed by atoms with van der Waals surface area (Å²) in [4.78, 5) is 24.8. The molecule has 8 heteroatoms. The van der Waals surface area contributed by atoms with Gasteiger partial charge in [0.25, 0.3) is 11.6 Å². The monoisotopic (exact) mass is 372 g/mol. The first-order chi connectivity index (χ1) is 12.3. The third-order valence-corrected chi connectivity index (χ3v) is 5.46. The predicted octanol–water partition coefficient (Wildman–Crippen LogP) is 2.86. The highest BCUT2D eigenvalue weighted by molar-refractivity contribution is 7.94. The number of nitro groups is 1. The molecule has 0 N–H and O–H groups in total. The van der Waals surface area contributed by atoms with Crippen molar-refractivity contribution >= 4 is 27.1 Å². The summed E-state index contributed by atoms with van der Waals surface area (Å²) in [6, 6.07) is 11.8. The molecule has 1 aliphatic rings. The molecule has 0 spiro atoms. The van der Waals surface area contributed by atoms with Crippen molar-refractivity contribution in [3.63, 3.8) is 0 Å². The Morgan fingerprint density at radius 3 is 2.46 bits per heavy atom. The van der Waals surface area contributed by atoms with Gasteiger partial charge in [-0.25, -0.2) is 8.42 Å². The molecule has 0 saturated heterocycles. The fraction of sp³-hybridized carbons (Fsp3) is 0.167. The van der Waals surface area contributed by atoms with Gasteiger partial charge in [0.1, 0.15) is 0 Å². The van der Waals surface area contributed by atoms with E-state index in [-0.39, 0.29) is 17.0 Å². The first-order valence-electron chi connectivity index (χ1n) is 7.82. The highest BCUT2D eigenvalue weighted by Gasteiger charge is 2.32. The van der Waals surface area contributed by atoms with Gasteiger partial charge < -0.3 is 4.90 Å². The SMILES string of the molecule is Cc1ccc(N(C(=O)c2cccc([N+](=O)[O-])c2)C2C=CS(=O)(=O)C2)cc1. The van der Waals surface area contributed by atoms with E-state index < -0.39 is 26.7 Å². The van der Waals surface area contributed by atoms with E-state index in [0.29, 0.717) is 5.69 Å². The molecule has 0 bridgehead atoms. The van der Waals surface area contributed by atoms with Gasteiger partial charge in [0, 0.05) is 28.8 Å². The van der Waals surface area contributed by atoms with Crippen molar-refractivity contribution in [3.8, 4) is 0 Å². The summed E-state index contributed by atoms with van der Waals surface area (Å²) >= 11 is 0. The van der Waals surface area contributed by atoms with Gasteiger partial charge in [0.2, 0.25) is 0 Å². The van der Waals surface area contributed by atoms with Crippen LogP contribution in [-0.4, -0.2) is 31.0 Å². The third-order valence-electron chi connectivity index (χ3n) is 4.08. The van der Waals surface area contributed by atoms with Crippen LogP contribution in [0.2, 0.25) is 0 Å². The van der Waals surface area contributed by atoms with Crippen LogP contribution in [0.4, 0.5) is 11.4 Å². The molecule has 7 nitrogen and oxygen atoms in total. The maximum absolute atomic E-state index is 13.1. The molecule has 26 heavy (non-hydrogen) atoms. The van der Waals surface area contributed by atoms with Crippen LogP contribution in [0.1, 0.15) is 15.9 Å². The van der Waals surface area contributed by atoms with Crippen LogP contribution in [0.5, 0.6) is 0 Å². The average molecular weight is 372 g/mol. The summed E-state index contributed by atoms with van der Waals surface area (Å²) in [6.07, 6.45) is 1.46. The maximum Gasteiger partial charge on any atom is 0.270 e. The van der Waals surface area contributed by atoms with E-state index in [0.717, 1.165) is 11.0 Å². The second-order valence-electron chi connectivity index (χ2n) is 6.04. The summed E-state index contributed by atoms with van der Waals surface area (Å²) in [5, 5.41) is 12.1. The van der Waals surface area contributed by atoms with Gasteiger partial charge in [0.15, 0.2) is 9.84 Å². The summed E-state index contributed by atoms with van der Waals surface area (Å²) in [5.41, 5.74) is 1.44. The molecule has 0 aliphatic carbocycles. The van der Waals surface area contributed by atoms with Crippen molar-refractivity contribution in [3.05, 3.63) is 81.3 Å². The van der Waals surface area contributed by atoms with Crippen molar-refractivity contribution < 1.29 is 18.1 Å². The zero-order valence-corrected chi connectivity index (χ0v) is 14.7. The number of non-ortho nitro benzene ring substituents is 1. The Morgan fingerprint density at radius 2 is 1.88 bits per heavy atom. The highest BCUT2D eigenvalue weighted by Crippen LogP contribution is 2.26. The normalized spacial score (nSPS) is 17.8. The van der Waals surface area contributed by atoms with Gasteiger partial charge in [-0.15, -0.1) is 0 Å². The van der Waals surface area contributed by atoms with Gasteiger partial charge in [-0.1, -0.05) is 23.8 Å². The maximum atomic E-state index is 13.1. The Kier molecular flexibility index (Phi) is 4.60. The highest BCUT2D eigenvalue weighted by atomic mass is 32.2. The quantitative estimate of drug-likeness (QED) is 0.607. The summed E-state index contributed by atoms with van der Waals surface area (Å²) in [6.45, 7) is 1.90. The first kappa shape index (κ1) is 17.8. The van der Waals surface area contributed by atoms with Gasteiger partial charge in [-0.3, -0.25) is 14.9 Å². The minimum atomic E-state index is -3.38. The van der Waals surface area contributed by atoms with Crippen molar-refractivity contribution in [1.29, 1.82) is 0 Å². The molecule has 2 aromatic rings. The molecule has 1 unspecified atom stereocenters. The molecule has 3 rings (SSSR count). The number of nitro benzene ring substituents is 1. The number of benzene rings is 2. The second kappa shape index (κ2) is 6.72. The van der Waals surface area contributed by atoms with E-state index in [9.17, 15) is 23.3 Å². The zero-order valence-electron chi connectivity index (χ0n) is 13.9. The Bertz CT molecular complexity index is 996. The third kappa shape index (κ3) is 3.65. The number of hydrogen-bond donors (Lipinski definition) is 0. The van der Waals surface area contributed by atoms with Gasteiger partial charge in [-0.05, 0) is 31.2 Å². The number of nitrogens with zero attached hydrogens (tertiary/aromatic N) is 2. The molecule has 134 valence electrons. The van der Waals surface area contributed by atoms with Crippen LogP contribution in [-0.2, 0) is 9.84 Å². The van der Waals surface area contributed by atoms with Crippen LogP contribution in [0, 0.1) is 17.0 Å². The van der Waals surface area contributed by atoms with Crippen LogP contribution in [0.3, 0.4) is 0 Å². The molecule has 1 atom stereocenters. The van der Waals surface area contributed by atoms with Crippen LogP contribution < -0.4 is 4.90 Å². The lowest BCUT2D eigenvalue weighted by molar-refractivity contribution is -0.384. The standard InChI is InChI=1S/C18H16N2O5S/c1-13-5-7-15(8-6-13)19(17-9-10-26(24,25)12-17)18(21)14-3-2-4-16(11-14)20(22)23/h2-11,17H,12H2,1H3. The smallest absolute Gasteiger partial charge is 0.270 e. The summed E-state index contributed by atoms with van der Waals surface area (Å²) in [5.74, 6) is -0.717. The number of rotatable bonds is 4. The number of aryl methyl sites for hydroxylation is 1. The Morgan fingerprint density at radius 1 is 1.19 bits per heavy atom. The second-order valence-corrected chi connectivity index (χ2v) is 7.97.